The van der Waals surface area contributed by atoms with Crippen molar-refractivity contribution in [1.82, 2.24) is 14.8 Å². The van der Waals surface area contributed by atoms with Crippen LogP contribution in [0.3, 0.4) is 0 Å². The van der Waals surface area contributed by atoms with Crippen LogP contribution < -0.4 is 5.32 Å². The van der Waals surface area contributed by atoms with Crippen LogP contribution in [-0.4, -0.2) is 25.9 Å². The van der Waals surface area contributed by atoms with Crippen LogP contribution in [0.25, 0.3) is 0 Å². The van der Waals surface area contributed by atoms with E-state index in [1.165, 1.54) is 16.6 Å². The van der Waals surface area contributed by atoms with Crippen LogP contribution in [-0.2, 0) is 18.3 Å². The van der Waals surface area contributed by atoms with Crippen LogP contribution in [0, 0.1) is 0 Å². The summed E-state index contributed by atoms with van der Waals surface area (Å²) in [4.78, 5) is 13.7. The SMILES string of the molecule is CC(Sc1nnc(Cc2cccs2)n1C)C(=O)Nc1cc(Cl)ccc1Cl. The Kier molecular flexibility index (Phi) is 6.24. The molecule has 0 aliphatic heterocycles. The Labute approximate surface area is 169 Å². The molecule has 0 bridgehead atoms. The summed E-state index contributed by atoms with van der Waals surface area (Å²) in [5.74, 6) is 0.683. The molecule has 3 rings (SSSR count). The maximum atomic E-state index is 12.5. The van der Waals surface area contributed by atoms with Crippen molar-refractivity contribution in [2.24, 2.45) is 7.05 Å². The second-order valence-corrected chi connectivity index (χ2v) is 8.77. The molecule has 5 nitrogen and oxygen atoms in total. The molecule has 136 valence electrons. The van der Waals surface area contributed by atoms with Gasteiger partial charge in [-0.05, 0) is 36.6 Å². The molecule has 0 aliphatic rings. The fraction of sp³-hybridized carbons (Fsp3) is 0.235. The summed E-state index contributed by atoms with van der Waals surface area (Å²) in [7, 11) is 1.91. The Morgan fingerprint density at radius 1 is 1.35 bits per heavy atom. The lowest BCUT2D eigenvalue weighted by Crippen LogP contribution is -2.23. The van der Waals surface area contributed by atoms with Gasteiger partial charge in [0.2, 0.25) is 5.91 Å². The van der Waals surface area contributed by atoms with Gasteiger partial charge in [0.25, 0.3) is 0 Å². The number of carbonyl (C=O) groups is 1. The van der Waals surface area contributed by atoms with E-state index in [0.717, 1.165) is 12.2 Å². The van der Waals surface area contributed by atoms with E-state index in [9.17, 15) is 4.79 Å². The average Bonchev–Trinajstić information content (AvgIpc) is 3.23. The molecule has 2 aromatic heterocycles. The summed E-state index contributed by atoms with van der Waals surface area (Å²) in [6, 6.07) is 9.03. The number of hydrogen-bond donors (Lipinski definition) is 1. The normalized spacial score (nSPS) is 12.2. The molecule has 0 fully saturated rings. The zero-order chi connectivity index (χ0) is 18.7. The summed E-state index contributed by atoms with van der Waals surface area (Å²) >= 11 is 15.1. The largest absolute Gasteiger partial charge is 0.324 e. The number of thioether (sulfide) groups is 1. The van der Waals surface area contributed by atoms with Gasteiger partial charge in [-0.2, -0.15) is 0 Å². The Morgan fingerprint density at radius 2 is 2.15 bits per heavy atom. The van der Waals surface area contributed by atoms with Crippen molar-refractivity contribution in [2.45, 2.75) is 23.8 Å². The van der Waals surface area contributed by atoms with Gasteiger partial charge in [-0.1, -0.05) is 41.0 Å². The molecular weight excluding hydrogens is 411 g/mol. The monoisotopic (exact) mass is 426 g/mol. The van der Waals surface area contributed by atoms with Gasteiger partial charge in [-0.3, -0.25) is 4.79 Å². The lowest BCUT2D eigenvalue weighted by molar-refractivity contribution is -0.115. The number of nitrogens with zero attached hydrogens (tertiary/aromatic N) is 3. The zero-order valence-corrected chi connectivity index (χ0v) is 17.2. The summed E-state index contributed by atoms with van der Waals surface area (Å²) in [6.07, 6.45) is 0.723. The van der Waals surface area contributed by atoms with Crippen molar-refractivity contribution in [1.29, 1.82) is 0 Å². The molecule has 2 heterocycles. The maximum absolute atomic E-state index is 12.5. The van der Waals surface area contributed by atoms with Gasteiger partial charge < -0.3 is 9.88 Å². The smallest absolute Gasteiger partial charge is 0.237 e. The molecule has 0 spiro atoms. The van der Waals surface area contributed by atoms with Gasteiger partial charge in [-0.15, -0.1) is 21.5 Å². The van der Waals surface area contributed by atoms with Gasteiger partial charge >= 0.3 is 0 Å². The number of anilines is 1. The van der Waals surface area contributed by atoms with Crippen molar-refractivity contribution in [3.8, 4) is 0 Å². The molecule has 0 aliphatic carbocycles. The minimum atomic E-state index is -0.373. The Balaban J connectivity index is 1.65. The van der Waals surface area contributed by atoms with E-state index in [-0.39, 0.29) is 11.2 Å². The number of rotatable bonds is 6. The predicted molar refractivity (Wildman–Crippen MR) is 109 cm³/mol. The Hall–Kier alpha value is -1.54. The zero-order valence-electron chi connectivity index (χ0n) is 14.1. The number of nitrogens with one attached hydrogen (secondary N) is 1. The number of carbonyl (C=O) groups excluding carboxylic acids is 1. The molecule has 1 unspecified atom stereocenters. The first-order valence-electron chi connectivity index (χ1n) is 7.77. The van der Waals surface area contributed by atoms with Crippen LogP contribution in [0.5, 0.6) is 0 Å². The van der Waals surface area contributed by atoms with Crippen LogP contribution in [0.2, 0.25) is 10.0 Å². The maximum Gasteiger partial charge on any atom is 0.237 e. The van der Waals surface area contributed by atoms with E-state index >= 15 is 0 Å². The number of benzene rings is 1. The quantitative estimate of drug-likeness (QED) is 0.569. The minimum absolute atomic E-state index is 0.179. The van der Waals surface area contributed by atoms with Gasteiger partial charge in [0.05, 0.1) is 16.0 Å². The van der Waals surface area contributed by atoms with Crippen molar-refractivity contribution in [3.05, 3.63) is 56.5 Å². The number of thiophene rings is 1. The second kappa shape index (κ2) is 8.43. The minimum Gasteiger partial charge on any atom is -0.324 e. The average molecular weight is 427 g/mol. The van der Waals surface area contributed by atoms with Gasteiger partial charge in [-0.25, -0.2) is 0 Å². The molecule has 1 N–H and O–H groups in total. The summed E-state index contributed by atoms with van der Waals surface area (Å²) < 4.78 is 1.92. The number of aromatic nitrogens is 3. The van der Waals surface area contributed by atoms with Crippen LogP contribution in [0.1, 0.15) is 17.6 Å². The lowest BCUT2D eigenvalue weighted by atomic mass is 10.3. The number of amides is 1. The molecule has 0 saturated heterocycles. The highest BCUT2D eigenvalue weighted by molar-refractivity contribution is 8.00. The number of hydrogen-bond acceptors (Lipinski definition) is 5. The highest BCUT2D eigenvalue weighted by atomic mass is 35.5. The third kappa shape index (κ3) is 4.59. The van der Waals surface area contributed by atoms with Crippen molar-refractivity contribution in [3.63, 3.8) is 0 Å². The molecule has 3 aromatic rings. The molecular formula is C17H16Cl2N4OS2. The fourth-order valence-electron chi connectivity index (χ4n) is 2.21. The molecule has 1 aromatic carbocycles. The summed E-state index contributed by atoms with van der Waals surface area (Å²) in [5.41, 5.74) is 0.493. The van der Waals surface area contributed by atoms with Crippen molar-refractivity contribution in [2.75, 3.05) is 5.32 Å². The molecule has 0 saturated carbocycles. The Bertz CT molecular complexity index is 912. The van der Waals surface area contributed by atoms with Gasteiger partial charge in [0.15, 0.2) is 5.16 Å². The standard InChI is InChI=1S/C17H16Cl2N4OS2/c1-10(16(24)20-14-8-11(18)5-6-13(14)19)26-17-22-21-15(23(17)2)9-12-4-3-7-25-12/h3-8,10H,9H2,1-2H3,(H,20,24). The van der Waals surface area contributed by atoms with Crippen molar-refractivity contribution >= 4 is 57.9 Å². The van der Waals surface area contributed by atoms with Crippen molar-refractivity contribution < 1.29 is 4.79 Å². The lowest BCUT2D eigenvalue weighted by Gasteiger charge is -2.13. The first-order chi connectivity index (χ1) is 12.4. The topological polar surface area (TPSA) is 59.8 Å². The van der Waals surface area contributed by atoms with Gasteiger partial charge in [0.1, 0.15) is 5.82 Å². The highest BCUT2D eigenvalue weighted by Crippen LogP contribution is 2.28. The Morgan fingerprint density at radius 3 is 2.88 bits per heavy atom. The third-order valence-corrected chi connectivity index (χ3v) is 6.25. The number of halogens is 2. The predicted octanol–water partition coefficient (Wildman–Crippen LogP) is 4.89. The van der Waals surface area contributed by atoms with Crippen LogP contribution in [0.15, 0.2) is 40.9 Å². The molecule has 26 heavy (non-hydrogen) atoms. The first-order valence-corrected chi connectivity index (χ1v) is 10.3. The van der Waals surface area contributed by atoms with E-state index in [2.05, 4.69) is 21.6 Å². The van der Waals surface area contributed by atoms with E-state index in [1.807, 2.05) is 30.0 Å². The fourth-order valence-corrected chi connectivity index (χ4v) is 4.08. The van der Waals surface area contributed by atoms with E-state index < -0.39 is 0 Å². The second-order valence-electron chi connectivity index (χ2n) is 5.59. The van der Waals surface area contributed by atoms with Crippen LogP contribution >= 0.6 is 46.3 Å². The molecule has 1 atom stereocenters. The van der Waals surface area contributed by atoms with E-state index in [4.69, 9.17) is 23.2 Å². The van der Waals surface area contributed by atoms with Crippen LogP contribution in [0.4, 0.5) is 5.69 Å². The van der Waals surface area contributed by atoms with E-state index in [1.54, 1.807) is 29.5 Å². The van der Waals surface area contributed by atoms with Gasteiger partial charge in [0, 0.05) is 23.4 Å². The first kappa shape index (κ1) is 19.2. The molecule has 9 heteroatoms. The molecule has 0 radical (unpaired) electrons. The van der Waals surface area contributed by atoms with E-state index in [0.29, 0.717) is 20.9 Å². The third-order valence-electron chi connectivity index (χ3n) is 3.68. The molecule has 1 amide bonds. The summed E-state index contributed by atoms with van der Waals surface area (Å²) in [5, 5.41) is 14.6. The highest BCUT2D eigenvalue weighted by Gasteiger charge is 2.20. The summed E-state index contributed by atoms with van der Waals surface area (Å²) in [6.45, 7) is 1.81.